The van der Waals surface area contributed by atoms with Gasteiger partial charge in [0.25, 0.3) is 0 Å². The first kappa shape index (κ1) is 15.0. The van der Waals surface area contributed by atoms with Crippen molar-refractivity contribution in [1.29, 1.82) is 0 Å². The molecule has 0 spiro atoms. The van der Waals surface area contributed by atoms with E-state index in [4.69, 9.17) is 11.6 Å². The van der Waals surface area contributed by atoms with E-state index in [1.165, 1.54) is 12.1 Å². The number of nitrogens with one attached hydrogen (secondary N) is 1. The highest BCUT2D eigenvalue weighted by Crippen LogP contribution is 2.18. The van der Waals surface area contributed by atoms with E-state index < -0.39 is 0 Å². The maximum atomic E-state index is 12.9. The zero-order chi connectivity index (χ0) is 14.4. The van der Waals surface area contributed by atoms with Crippen molar-refractivity contribution >= 4 is 11.6 Å². The fourth-order valence-corrected chi connectivity index (χ4v) is 2.55. The van der Waals surface area contributed by atoms with Crippen molar-refractivity contribution in [1.82, 2.24) is 5.32 Å². The van der Waals surface area contributed by atoms with Crippen molar-refractivity contribution < 1.29 is 4.39 Å². The van der Waals surface area contributed by atoms with Crippen LogP contribution < -0.4 is 5.32 Å². The Labute approximate surface area is 124 Å². The molecule has 0 aliphatic heterocycles. The van der Waals surface area contributed by atoms with Gasteiger partial charge in [-0.3, -0.25) is 0 Å². The van der Waals surface area contributed by atoms with Crippen LogP contribution in [0.4, 0.5) is 4.39 Å². The lowest BCUT2D eigenvalue weighted by atomic mass is 9.99. The second-order valence-corrected chi connectivity index (χ2v) is 5.29. The average molecular weight is 292 g/mol. The minimum Gasteiger partial charge on any atom is -0.314 e. The fourth-order valence-electron chi connectivity index (χ4n) is 2.34. The van der Waals surface area contributed by atoms with Crippen LogP contribution in [0.1, 0.15) is 18.1 Å². The fraction of sp³-hybridized carbons (Fsp3) is 0.294. The molecule has 0 saturated carbocycles. The van der Waals surface area contributed by atoms with Gasteiger partial charge in [-0.05, 0) is 48.7 Å². The molecule has 1 nitrogen and oxygen atoms in total. The molecule has 1 atom stereocenters. The van der Waals surface area contributed by atoms with Crippen molar-refractivity contribution in [2.45, 2.75) is 25.8 Å². The minimum atomic E-state index is -0.195. The van der Waals surface area contributed by atoms with E-state index in [2.05, 4.69) is 18.3 Å². The Morgan fingerprint density at radius 1 is 1.05 bits per heavy atom. The molecule has 0 radical (unpaired) electrons. The van der Waals surface area contributed by atoms with Crippen molar-refractivity contribution in [3.63, 3.8) is 0 Å². The first-order valence-corrected chi connectivity index (χ1v) is 7.28. The van der Waals surface area contributed by atoms with Crippen LogP contribution in [0.15, 0.2) is 48.5 Å². The summed E-state index contributed by atoms with van der Waals surface area (Å²) in [4.78, 5) is 0. The molecule has 20 heavy (non-hydrogen) atoms. The van der Waals surface area contributed by atoms with Gasteiger partial charge in [0, 0.05) is 11.1 Å². The van der Waals surface area contributed by atoms with E-state index in [0.29, 0.717) is 6.04 Å². The van der Waals surface area contributed by atoms with Crippen LogP contribution in [0, 0.1) is 5.82 Å². The third-order valence-corrected chi connectivity index (χ3v) is 3.68. The summed E-state index contributed by atoms with van der Waals surface area (Å²) in [5, 5.41) is 4.27. The second kappa shape index (κ2) is 7.41. The maximum Gasteiger partial charge on any atom is 0.123 e. The number of hydrogen-bond donors (Lipinski definition) is 1. The van der Waals surface area contributed by atoms with Gasteiger partial charge in [0.05, 0.1) is 0 Å². The highest BCUT2D eigenvalue weighted by Gasteiger charge is 2.11. The molecule has 0 heterocycles. The number of hydrogen-bond acceptors (Lipinski definition) is 1. The number of benzene rings is 2. The SMILES string of the molecule is CCNC(Cc1ccc(F)cc1)Cc1ccccc1Cl. The Balaban J connectivity index is 2.07. The third kappa shape index (κ3) is 4.32. The summed E-state index contributed by atoms with van der Waals surface area (Å²) in [5.74, 6) is -0.195. The van der Waals surface area contributed by atoms with Gasteiger partial charge in [0.1, 0.15) is 5.82 Å². The van der Waals surface area contributed by atoms with Crippen molar-refractivity contribution in [3.8, 4) is 0 Å². The van der Waals surface area contributed by atoms with E-state index in [1.54, 1.807) is 0 Å². The summed E-state index contributed by atoms with van der Waals surface area (Å²) >= 11 is 6.21. The molecule has 0 aliphatic rings. The predicted octanol–water partition coefficient (Wildman–Crippen LogP) is 4.24. The van der Waals surface area contributed by atoms with Gasteiger partial charge in [-0.2, -0.15) is 0 Å². The smallest absolute Gasteiger partial charge is 0.123 e. The Bertz CT molecular complexity index is 539. The summed E-state index contributed by atoms with van der Waals surface area (Å²) in [5.41, 5.74) is 2.27. The maximum absolute atomic E-state index is 12.9. The van der Waals surface area contributed by atoms with Crippen LogP contribution in [0.2, 0.25) is 5.02 Å². The monoisotopic (exact) mass is 291 g/mol. The standard InChI is InChI=1S/C17H19ClFN/c1-2-20-16(11-13-7-9-15(19)10-8-13)12-14-5-3-4-6-17(14)18/h3-10,16,20H,2,11-12H2,1H3. The normalized spacial score (nSPS) is 12.3. The summed E-state index contributed by atoms with van der Waals surface area (Å²) < 4.78 is 12.9. The van der Waals surface area contributed by atoms with Gasteiger partial charge < -0.3 is 5.32 Å². The zero-order valence-corrected chi connectivity index (χ0v) is 12.3. The largest absolute Gasteiger partial charge is 0.314 e. The quantitative estimate of drug-likeness (QED) is 0.839. The molecule has 0 bridgehead atoms. The molecule has 1 N–H and O–H groups in total. The predicted molar refractivity (Wildman–Crippen MR) is 82.7 cm³/mol. The first-order valence-electron chi connectivity index (χ1n) is 6.90. The van der Waals surface area contributed by atoms with Gasteiger partial charge in [-0.15, -0.1) is 0 Å². The first-order chi connectivity index (χ1) is 9.69. The van der Waals surface area contributed by atoms with E-state index in [1.807, 2.05) is 30.3 Å². The number of likely N-dealkylation sites (N-methyl/N-ethyl adjacent to an activating group) is 1. The molecule has 2 rings (SSSR count). The minimum absolute atomic E-state index is 0.195. The Kier molecular flexibility index (Phi) is 5.57. The molecular weight excluding hydrogens is 273 g/mol. The van der Waals surface area contributed by atoms with Crippen LogP contribution in [0.3, 0.4) is 0 Å². The Hall–Kier alpha value is -1.38. The van der Waals surface area contributed by atoms with Crippen LogP contribution >= 0.6 is 11.6 Å². The van der Waals surface area contributed by atoms with E-state index in [0.717, 1.165) is 35.5 Å². The molecule has 0 fully saturated rings. The lowest BCUT2D eigenvalue weighted by Gasteiger charge is -2.19. The summed E-state index contributed by atoms with van der Waals surface area (Å²) in [6.07, 6.45) is 1.73. The highest BCUT2D eigenvalue weighted by atomic mass is 35.5. The van der Waals surface area contributed by atoms with E-state index in [9.17, 15) is 4.39 Å². The molecular formula is C17H19ClFN. The Morgan fingerprint density at radius 2 is 1.75 bits per heavy atom. The molecule has 2 aromatic rings. The lowest BCUT2D eigenvalue weighted by molar-refractivity contribution is 0.521. The molecule has 106 valence electrons. The molecule has 2 aromatic carbocycles. The zero-order valence-electron chi connectivity index (χ0n) is 11.6. The van der Waals surface area contributed by atoms with Gasteiger partial charge in [-0.25, -0.2) is 4.39 Å². The van der Waals surface area contributed by atoms with Crippen LogP contribution in [-0.4, -0.2) is 12.6 Å². The number of halogens is 2. The number of rotatable bonds is 6. The summed E-state index contributed by atoms with van der Waals surface area (Å²) in [6, 6.07) is 14.9. The van der Waals surface area contributed by atoms with Gasteiger partial charge in [0.15, 0.2) is 0 Å². The molecule has 0 amide bonds. The Morgan fingerprint density at radius 3 is 2.40 bits per heavy atom. The van der Waals surface area contributed by atoms with Gasteiger partial charge in [0.2, 0.25) is 0 Å². The summed E-state index contributed by atoms with van der Waals surface area (Å²) in [6.45, 7) is 2.99. The lowest BCUT2D eigenvalue weighted by Crippen LogP contribution is -2.33. The topological polar surface area (TPSA) is 12.0 Å². The van der Waals surface area contributed by atoms with Gasteiger partial charge in [-0.1, -0.05) is 48.9 Å². The van der Waals surface area contributed by atoms with Crippen LogP contribution in [0.25, 0.3) is 0 Å². The van der Waals surface area contributed by atoms with Crippen LogP contribution in [0.5, 0.6) is 0 Å². The molecule has 1 unspecified atom stereocenters. The van der Waals surface area contributed by atoms with Gasteiger partial charge >= 0.3 is 0 Å². The molecule has 0 aliphatic carbocycles. The molecule has 3 heteroatoms. The molecule has 0 saturated heterocycles. The highest BCUT2D eigenvalue weighted by molar-refractivity contribution is 6.31. The average Bonchev–Trinajstić information content (AvgIpc) is 2.44. The van der Waals surface area contributed by atoms with Crippen molar-refractivity contribution in [2.24, 2.45) is 0 Å². The second-order valence-electron chi connectivity index (χ2n) is 4.88. The van der Waals surface area contributed by atoms with E-state index >= 15 is 0 Å². The van der Waals surface area contributed by atoms with E-state index in [-0.39, 0.29) is 5.82 Å². The van der Waals surface area contributed by atoms with Crippen molar-refractivity contribution in [2.75, 3.05) is 6.54 Å². The summed E-state index contributed by atoms with van der Waals surface area (Å²) in [7, 11) is 0. The third-order valence-electron chi connectivity index (χ3n) is 3.31. The van der Waals surface area contributed by atoms with Crippen molar-refractivity contribution in [3.05, 3.63) is 70.5 Å². The molecule has 0 aromatic heterocycles. The van der Waals surface area contributed by atoms with Crippen LogP contribution in [-0.2, 0) is 12.8 Å².